The summed E-state index contributed by atoms with van der Waals surface area (Å²) in [6.45, 7) is 3.07. The molecule has 3 atom stereocenters. The highest BCUT2D eigenvalue weighted by molar-refractivity contribution is 7.99. The standard InChI is InChI=1S/C13H22N2O3S/c16-12(17)11-8-14-3-4-15(11)10-1-5-18-13(7-10)2-6-19-9-13/h10-11,14H,1-9H2,(H,16,17). The normalized spacial score (nSPS) is 40.6. The van der Waals surface area contributed by atoms with Crippen molar-refractivity contribution >= 4 is 17.7 Å². The highest BCUT2D eigenvalue weighted by Crippen LogP contribution is 2.39. The zero-order valence-electron chi connectivity index (χ0n) is 11.1. The molecule has 3 aliphatic rings. The number of aliphatic carboxylic acids is 1. The zero-order valence-corrected chi connectivity index (χ0v) is 12.0. The van der Waals surface area contributed by atoms with Gasteiger partial charge in [0.05, 0.1) is 5.60 Å². The molecule has 0 amide bonds. The summed E-state index contributed by atoms with van der Waals surface area (Å²) in [6.07, 6.45) is 3.10. The van der Waals surface area contributed by atoms with Gasteiger partial charge in [0.15, 0.2) is 0 Å². The lowest BCUT2D eigenvalue weighted by molar-refractivity contribution is -0.149. The third-order valence-corrected chi connectivity index (χ3v) is 5.80. The molecule has 3 aliphatic heterocycles. The Balaban J connectivity index is 1.71. The van der Waals surface area contributed by atoms with Gasteiger partial charge in [-0.05, 0) is 25.0 Å². The van der Waals surface area contributed by atoms with Gasteiger partial charge in [0, 0.05) is 38.0 Å². The molecule has 0 aromatic rings. The molecule has 0 bridgehead atoms. The van der Waals surface area contributed by atoms with E-state index in [2.05, 4.69) is 10.2 Å². The lowest BCUT2D eigenvalue weighted by Crippen LogP contribution is -2.61. The summed E-state index contributed by atoms with van der Waals surface area (Å²) in [5.74, 6) is 1.55. The summed E-state index contributed by atoms with van der Waals surface area (Å²) in [5.41, 5.74) is 0.0293. The van der Waals surface area contributed by atoms with Crippen LogP contribution in [0.25, 0.3) is 0 Å². The van der Waals surface area contributed by atoms with Gasteiger partial charge in [-0.15, -0.1) is 0 Å². The van der Waals surface area contributed by atoms with Crippen LogP contribution in [0.2, 0.25) is 0 Å². The smallest absolute Gasteiger partial charge is 0.322 e. The number of hydrogen-bond donors (Lipinski definition) is 2. The number of nitrogens with zero attached hydrogens (tertiary/aromatic N) is 1. The minimum absolute atomic E-state index is 0.0293. The van der Waals surface area contributed by atoms with Crippen LogP contribution in [-0.2, 0) is 9.53 Å². The third kappa shape index (κ3) is 2.77. The molecule has 3 saturated heterocycles. The van der Waals surface area contributed by atoms with Gasteiger partial charge in [-0.2, -0.15) is 11.8 Å². The molecular formula is C13H22N2O3S. The predicted molar refractivity (Wildman–Crippen MR) is 74.6 cm³/mol. The molecule has 3 fully saturated rings. The van der Waals surface area contributed by atoms with E-state index in [4.69, 9.17) is 4.74 Å². The van der Waals surface area contributed by atoms with Gasteiger partial charge in [-0.1, -0.05) is 0 Å². The van der Waals surface area contributed by atoms with Crippen molar-refractivity contribution in [2.75, 3.05) is 37.7 Å². The quantitative estimate of drug-likeness (QED) is 0.766. The van der Waals surface area contributed by atoms with E-state index in [1.807, 2.05) is 11.8 Å². The lowest BCUT2D eigenvalue weighted by atomic mass is 9.88. The Kier molecular flexibility index (Phi) is 4.03. The average Bonchev–Trinajstić information content (AvgIpc) is 2.86. The van der Waals surface area contributed by atoms with Crippen LogP contribution in [0.1, 0.15) is 19.3 Å². The van der Waals surface area contributed by atoms with Gasteiger partial charge in [-0.25, -0.2) is 0 Å². The Morgan fingerprint density at radius 1 is 1.53 bits per heavy atom. The molecule has 1 spiro atoms. The van der Waals surface area contributed by atoms with E-state index in [0.717, 1.165) is 44.7 Å². The number of piperazine rings is 1. The van der Waals surface area contributed by atoms with Crippen LogP contribution in [0.3, 0.4) is 0 Å². The van der Waals surface area contributed by atoms with Crippen molar-refractivity contribution in [1.82, 2.24) is 10.2 Å². The molecule has 0 saturated carbocycles. The predicted octanol–water partition coefficient (Wildman–Crippen LogP) is 0.400. The molecule has 3 heterocycles. The molecule has 0 aliphatic carbocycles. The average molecular weight is 286 g/mol. The first kappa shape index (κ1) is 13.7. The molecule has 2 N–H and O–H groups in total. The van der Waals surface area contributed by atoms with E-state index >= 15 is 0 Å². The van der Waals surface area contributed by atoms with Crippen molar-refractivity contribution in [1.29, 1.82) is 0 Å². The molecule has 0 radical (unpaired) electrons. The lowest BCUT2D eigenvalue weighted by Gasteiger charge is -2.46. The maximum absolute atomic E-state index is 11.4. The molecule has 5 nitrogen and oxygen atoms in total. The number of rotatable bonds is 2. The Morgan fingerprint density at radius 2 is 2.42 bits per heavy atom. The van der Waals surface area contributed by atoms with Gasteiger partial charge in [0.1, 0.15) is 6.04 Å². The van der Waals surface area contributed by atoms with E-state index in [0.29, 0.717) is 12.6 Å². The molecule has 19 heavy (non-hydrogen) atoms. The molecule has 3 rings (SSSR count). The summed E-state index contributed by atoms with van der Waals surface area (Å²) in [7, 11) is 0. The van der Waals surface area contributed by atoms with Crippen LogP contribution in [0, 0.1) is 0 Å². The van der Waals surface area contributed by atoms with Gasteiger partial charge < -0.3 is 15.2 Å². The van der Waals surface area contributed by atoms with Crippen molar-refractivity contribution in [3.8, 4) is 0 Å². The van der Waals surface area contributed by atoms with Crippen molar-refractivity contribution < 1.29 is 14.6 Å². The first-order valence-corrected chi connectivity index (χ1v) is 8.27. The van der Waals surface area contributed by atoms with E-state index in [9.17, 15) is 9.90 Å². The topological polar surface area (TPSA) is 61.8 Å². The van der Waals surface area contributed by atoms with Gasteiger partial charge in [0.2, 0.25) is 0 Å². The second-order valence-electron chi connectivity index (χ2n) is 5.78. The van der Waals surface area contributed by atoms with Crippen LogP contribution in [-0.4, -0.2) is 71.4 Å². The monoisotopic (exact) mass is 286 g/mol. The Morgan fingerprint density at radius 3 is 3.16 bits per heavy atom. The maximum atomic E-state index is 11.4. The summed E-state index contributed by atoms with van der Waals surface area (Å²) in [6, 6.07) is -0.00129. The van der Waals surface area contributed by atoms with Crippen LogP contribution in [0.5, 0.6) is 0 Å². The summed E-state index contributed by atoms with van der Waals surface area (Å²) in [4.78, 5) is 13.6. The second kappa shape index (κ2) is 5.60. The second-order valence-corrected chi connectivity index (χ2v) is 6.88. The van der Waals surface area contributed by atoms with Crippen molar-refractivity contribution in [3.63, 3.8) is 0 Å². The van der Waals surface area contributed by atoms with Gasteiger partial charge in [-0.3, -0.25) is 9.69 Å². The molecular weight excluding hydrogens is 264 g/mol. The van der Waals surface area contributed by atoms with Crippen LogP contribution in [0.15, 0.2) is 0 Å². The summed E-state index contributed by atoms with van der Waals surface area (Å²) >= 11 is 1.96. The number of carbonyl (C=O) groups is 1. The zero-order chi connectivity index (χ0) is 13.3. The van der Waals surface area contributed by atoms with E-state index in [-0.39, 0.29) is 11.6 Å². The number of hydrogen-bond acceptors (Lipinski definition) is 5. The van der Waals surface area contributed by atoms with E-state index in [1.54, 1.807) is 0 Å². The fourth-order valence-electron chi connectivity index (χ4n) is 3.53. The largest absolute Gasteiger partial charge is 0.480 e. The molecule has 3 unspecified atom stereocenters. The number of carboxylic acid groups (broad SMARTS) is 1. The number of nitrogens with one attached hydrogen (secondary N) is 1. The summed E-state index contributed by atoms with van der Waals surface area (Å²) < 4.78 is 6.03. The molecule has 6 heteroatoms. The maximum Gasteiger partial charge on any atom is 0.322 e. The first-order chi connectivity index (χ1) is 9.20. The van der Waals surface area contributed by atoms with Crippen LogP contribution in [0.4, 0.5) is 0 Å². The fourth-order valence-corrected chi connectivity index (χ4v) is 4.91. The minimum atomic E-state index is -0.700. The minimum Gasteiger partial charge on any atom is -0.480 e. The first-order valence-electron chi connectivity index (χ1n) is 7.11. The number of carboxylic acids is 1. The van der Waals surface area contributed by atoms with Crippen molar-refractivity contribution in [2.45, 2.75) is 36.9 Å². The highest BCUT2D eigenvalue weighted by atomic mass is 32.2. The van der Waals surface area contributed by atoms with E-state index in [1.165, 1.54) is 5.75 Å². The van der Waals surface area contributed by atoms with Crippen molar-refractivity contribution in [3.05, 3.63) is 0 Å². The van der Waals surface area contributed by atoms with Crippen LogP contribution >= 0.6 is 11.8 Å². The fraction of sp³-hybridized carbons (Fsp3) is 0.923. The molecule has 0 aromatic heterocycles. The van der Waals surface area contributed by atoms with Crippen LogP contribution < -0.4 is 5.32 Å². The third-order valence-electron chi connectivity index (χ3n) is 4.57. The van der Waals surface area contributed by atoms with Gasteiger partial charge in [0.25, 0.3) is 0 Å². The van der Waals surface area contributed by atoms with Gasteiger partial charge >= 0.3 is 5.97 Å². The number of thioether (sulfide) groups is 1. The Hall–Kier alpha value is -0.300. The Bertz CT molecular complexity index is 347. The molecule has 108 valence electrons. The highest BCUT2D eigenvalue weighted by Gasteiger charge is 2.44. The SMILES string of the molecule is O=C(O)C1CNCCN1C1CCOC2(CCSC2)C1. The van der Waals surface area contributed by atoms with E-state index < -0.39 is 5.97 Å². The molecule has 0 aromatic carbocycles. The van der Waals surface area contributed by atoms with Crippen molar-refractivity contribution in [2.24, 2.45) is 0 Å². The summed E-state index contributed by atoms with van der Waals surface area (Å²) in [5, 5.41) is 12.6. The Labute approximate surface area is 118 Å². The number of ether oxygens (including phenoxy) is 1.